The van der Waals surface area contributed by atoms with Crippen LogP contribution in [-0.4, -0.2) is 53.5 Å². The fraction of sp³-hybridized carbons (Fsp3) is 0.600. The summed E-state index contributed by atoms with van der Waals surface area (Å²) in [7, 11) is 0. The van der Waals surface area contributed by atoms with Gasteiger partial charge in [0.05, 0.1) is 0 Å². The quantitative estimate of drug-likeness (QED) is 0.861. The molecule has 1 unspecified atom stereocenters. The molecule has 3 fully saturated rings. The zero-order valence-corrected chi connectivity index (χ0v) is 15.8. The third-order valence-electron chi connectivity index (χ3n) is 5.36. The number of hydrogen-bond donors (Lipinski definition) is 1. The summed E-state index contributed by atoms with van der Waals surface area (Å²) in [5.74, 6) is 3.56. The fourth-order valence-electron chi connectivity index (χ4n) is 3.58. The number of carbonyl (C=O) groups excluding carboxylic acids is 2. The predicted octanol–water partition coefficient (Wildman–Crippen LogP) is 2.70. The Bertz CT molecular complexity index is 646. The van der Waals surface area contributed by atoms with Gasteiger partial charge in [-0.25, -0.2) is 0 Å². The maximum atomic E-state index is 12.3. The summed E-state index contributed by atoms with van der Waals surface area (Å²) in [4.78, 5) is 26.4. The Hall–Kier alpha value is -1.69. The molecule has 2 amide bonds. The predicted molar refractivity (Wildman–Crippen MR) is 103 cm³/mol. The van der Waals surface area contributed by atoms with Crippen molar-refractivity contribution in [3.63, 3.8) is 0 Å². The standard InChI is InChI=1S/C20H26N2O3S/c23-19(21-16-9-12-26-13-16)14-3-5-17(6-4-14)25-18-7-10-22(11-8-18)20(24)15-1-2-15/h3-6,15-16,18H,1-2,7-13H2,(H,21,23). The molecule has 0 spiro atoms. The van der Waals surface area contributed by atoms with Crippen molar-refractivity contribution >= 4 is 23.6 Å². The Morgan fingerprint density at radius 3 is 2.38 bits per heavy atom. The molecule has 4 rings (SSSR count). The largest absolute Gasteiger partial charge is 0.490 e. The van der Waals surface area contributed by atoms with Gasteiger partial charge in [-0.1, -0.05) is 0 Å². The van der Waals surface area contributed by atoms with E-state index in [1.165, 1.54) is 0 Å². The second-order valence-electron chi connectivity index (χ2n) is 7.48. The number of likely N-dealkylation sites (tertiary alicyclic amines) is 1. The van der Waals surface area contributed by atoms with Crippen LogP contribution < -0.4 is 10.1 Å². The molecule has 2 saturated heterocycles. The molecule has 1 N–H and O–H groups in total. The number of rotatable bonds is 5. The summed E-state index contributed by atoms with van der Waals surface area (Å²) in [5, 5.41) is 3.09. The van der Waals surface area contributed by atoms with Crippen LogP contribution in [-0.2, 0) is 4.79 Å². The zero-order valence-electron chi connectivity index (χ0n) is 15.0. The molecule has 1 aromatic carbocycles. The smallest absolute Gasteiger partial charge is 0.251 e. The van der Waals surface area contributed by atoms with E-state index in [-0.39, 0.29) is 12.0 Å². The molecule has 26 heavy (non-hydrogen) atoms. The maximum Gasteiger partial charge on any atom is 0.251 e. The van der Waals surface area contributed by atoms with Crippen molar-refractivity contribution in [2.75, 3.05) is 24.6 Å². The molecule has 5 nitrogen and oxygen atoms in total. The summed E-state index contributed by atoms with van der Waals surface area (Å²) in [5.41, 5.74) is 0.680. The first kappa shape index (κ1) is 17.7. The van der Waals surface area contributed by atoms with E-state index < -0.39 is 0 Å². The van der Waals surface area contributed by atoms with Gasteiger partial charge in [-0.3, -0.25) is 9.59 Å². The normalized spacial score (nSPS) is 23.7. The molecule has 0 bridgehead atoms. The first-order valence-corrected chi connectivity index (χ1v) is 10.8. The van der Waals surface area contributed by atoms with Gasteiger partial charge in [0.25, 0.3) is 5.91 Å². The fourth-order valence-corrected chi connectivity index (χ4v) is 4.73. The van der Waals surface area contributed by atoms with Gasteiger partial charge >= 0.3 is 0 Å². The van der Waals surface area contributed by atoms with Crippen molar-refractivity contribution in [1.82, 2.24) is 10.2 Å². The number of hydrogen-bond acceptors (Lipinski definition) is 4. The highest BCUT2D eigenvalue weighted by Gasteiger charge is 2.35. The van der Waals surface area contributed by atoms with E-state index in [4.69, 9.17) is 4.74 Å². The van der Waals surface area contributed by atoms with Gasteiger partial charge in [0.2, 0.25) is 5.91 Å². The van der Waals surface area contributed by atoms with Crippen LogP contribution in [0.5, 0.6) is 5.75 Å². The first-order chi connectivity index (χ1) is 12.7. The van der Waals surface area contributed by atoms with Crippen molar-refractivity contribution < 1.29 is 14.3 Å². The highest BCUT2D eigenvalue weighted by atomic mass is 32.2. The molecule has 1 aromatic rings. The molecule has 0 aromatic heterocycles. The summed E-state index contributed by atoms with van der Waals surface area (Å²) in [6.45, 7) is 1.58. The van der Waals surface area contributed by atoms with Gasteiger partial charge in [-0.05, 0) is 49.3 Å². The van der Waals surface area contributed by atoms with Crippen LogP contribution >= 0.6 is 11.8 Å². The van der Waals surface area contributed by atoms with Gasteiger partial charge in [0, 0.05) is 49.2 Å². The molecule has 140 valence electrons. The van der Waals surface area contributed by atoms with Gasteiger partial charge in [-0.2, -0.15) is 11.8 Å². The molecule has 1 aliphatic carbocycles. The van der Waals surface area contributed by atoms with Gasteiger partial charge in [0.1, 0.15) is 11.9 Å². The minimum atomic E-state index is -0.00375. The summed E-state index contributed by atoms with van der Waals surface area (Å²) < 4.78 is 6.05. The molecule has 2 aliphatic heterocycles. The lowest BCUT2D eigenvalue weighted by atomic mass is 10.1. The summed E-state index contributed by atoms with van der Waals surface area (Å²) >= 11 is 1.89. The Morgan fingerprint density at radius 2 is 1.77 bits per heavy atom. The van der Waals surface area contributed by atoms with Crippen LogP contribution in [0, 0.1) is 5.92 Å². The first-order valence-electron chi connectivity index (χ1n) is 9.63. The second kappa shape index (κ2) is 7.91. The highest BCUT2D eigenvalue weighted by Crippen LogP contribution is 2.32. The van der Waals surface area contributed by atoms with E-state index >= 15 is 0 Å². The van der Waals surface area contributed by atoms with Crippen molar-refractivity contribution in [3.05, 3.63) is 29.8 Å². The minimum Gasteiger partial charge on any atom is -0.490 e. The SMILES string of the molecule is O=C(NC1CCSC1)c1ccc(OC2CCN(C(=O)C3CC3)CC2)cc1. The number of amides is 2. The average Bonchev–Trinajstić information content (AvgIpc) is 3.40. The third-order valence-corrected chi connectivity index (χ3v) is 6.53. The van der Waals surface area contributed by atoms with Crippen molar-refractivity contribution in [1.29, 1.82) is 0 Å². The lowest BCUT2D eigenvalue weighted by Crippen LogP contribution is -2.42. The Morgan fingerprint density at radius 1 is 1.04 bits per heavy atom. The lowest BCUT2D eigenvalue weighted by molar-refractivity contribution is -0.134. The third kappa shape index (κ3) is 4.34. The van der Waals surface area contributed by atoms with E-state index in [0.29, 0.717) is 23.4 Å². The van der Waals surface area contributed by atoms with Crippen LogP contribution in [0.3, 0.4) is 0 Å². The number of nitrogens with zero attached hydrogens (tertiary/aromatic N) is 1. The Balaban J connectivity index is 1.25. The molecule has 6 heteroatoms. The Kier molecular flexibility index (Phi) is 5.38. The molecule has 1 saturated carbocycles. The molecular formula is C20H26N2O3S. The van der Waals surface area contributed by atoms with E-state index in [0.717, 1.165) is 62.4 Å². The number of ether oxygens (including phenoxy) is 1. The van der Waals surface area contributed by atoms with Crippen LogP contribution in [0.15, 0.2) is 24.3 Å². The van der Waals surface area contributed by atoms with Gasteiger partial charge < -0.3 is 15.0 Å². The number of benzene rings is 1. The van der Waals surface area contributed by atoms with Crippen molar-refractivity contribution in [3.8, 4) is 5.75 Å². The van der Waals surface area contributed by atoms with Gasteiger partial charge in [0.15, 0.2) is 0 Å². The number of nitrogens with one attached hydrogen (secondary N) is 1. The maximum absolute atomic E-state index is 12.3. The molecular weight excluding hydrogens is 348 g/mol. The highest BCUT2D eigenvalue weighted by molar-refractivity contribution is 7.99. The van der Waals surface area contributed by atoms with Crippen LogP contribution in [0.1, 0.15) is 42.5 Å². The lowest BCUT2D eigenvalue weighted by Gasteiger charge is -2.32. The number of piperidine rings is 1. The Labute approximate surface area is 158 Å². The van der Waals surface area contributed by atoms with E-state index in [1.807, 2.05) is 40.9 Å². The minimum absolute atomic E-state index is 0.00375. The van der Waals surface area contributed by atoms with Crippen LogP contribution in [0.2, 0.25) is 0 Å². The zero-order chi connectivity index (χ0) is 17.9. The topological polar surface area (TPSA) is 58.6 Å². The average molecular weight is 375 g/mol. The van der Waals surface area contributed by atoms with E-state index in [1.54, 1.807) is 0 Å². The van der Waals surface area contributed by atoms with E-state index in [2.05, 4.69) is 5.32 Å². The van der Waals surface area contributed by atoms with Crippen LogP contribution in [0.25, 0.3) is 0 Å². The van der Waals surface area contributed by atoms with E-state index in [9.17, 15) is 9.59 Å². The molecule has 2 heterocycles. The monoisotopic (exact) mass is 374 g/mol. The number of carbonyl (C=O) groups is 2. The number of thioether (sulfide) groups is 1. The van der Waals surface area contributed by atoms with Crippen LogP contribution in [0.4, 0.5) is 0 Å². The molecule has 1 atom stereocenters. The summed E-state index contributed by atoms with van der Waals surface area (Å²) in [6.07, 6.45) is 5.08. The van der Waals surface area contributed by atoms with Crippen molar-refractivity contribution in [2.24, 2.45) is 5.92 Å². The van der Waals surface area contributed by atoms with Crippen molar-refractivity contribution in [2.45, 2.75) is 44.2 Å². The molecule has 3 aliphatic rings. The molecule has 0 radical (unpaired) electrons. The summed E-state index contributed by atoms with van der Waals surface area (Å²) in [6, 6.07) is 7.71. The van der Waals surface area contributed by atoms with Gasteiger partial charge in [-0.15, -0.1) is 0 Å². The second-order valence-corrected chi connectivity index (χ2v) is 8.62.